The fourth-order valence-corrected chi connectivity index (χ4v) is 5.12. The molecule has 3 rings (SSSR count). The van der Waals surface area contributed by atoms with Crippen LogP contribution in [0.4, 0.5) is 0 Å². The Bertz CT molecular complexity index is 1050. The summed E-state index contributed by atoms with van der Waals surface area (Å²) in [5.74, 6) is -0.0374. The number of carbonyl (C=O) groups excluding carboxylic acids is 1. The van der Waals surface area contributed by atoms with Gasteiger partial charge in [-0.15, -0.1) is 0 Å². The van der Waals surface area contributed by atoms with Crippen molar-refractivity contribution < 1.29 is 13.2 Å². The van der Waals surface area contributed by atoms with Crippen molar-refractivity contribution in [2.24, 2.45) is 0 Å². The molecule has 28 heavy (non-hydrogen) atoms. The van der Waals surface area contributed by atoms with Crippen LogP contribution in [0, 0.1) is 6.92 Å². The summed E-state index contributed by atoms with van der Waals surface area (Å²) in [5, 5.41) is 3.43. The number of thioether (sulfide) groups is 1. The van der Waals surface area contributed by atoms with Crippen molar-refractivity contribution in [1.82, 2.24) is 15.3 Å². The lowest BCUT2D eigenvalue weighted by atomic mass is 10.2. The predicted octanol–water partition coefficient (Wildman–Crippen LogP) is 2.72. The lowest BCUT2D eigenvalue weighted by Gasteiger charge is -2.11. The number of benzene rings is 1. The summed E-state index contributed by atoms with van der Waals surface area (Å²) < 4.78 is 25.4. The Morgan fingerprint density at radius 3 is 2.71 bits per heavy atom. The minimum absolute atomic E-state index is 0.0771. The Hall–Kier alpha value is -1.84. The SMILES string of the molecule is Cc1ccc(S(=O)(=O)c2cnc(SCC(=O)NC3CCCC3)[nH]c2=O)cc1Cl. The van der Waals surface area contributed by atoms with E-state index in [4.69, 9.17) is 11.6 Å². The summed E-state index contributed by atoms with van der Waals surface area (Å²) in [4.78, 5) is 30.2. The third-order valence-corrected chi connectivity index (χ3v) is 7.59. The summed E-state index contributed by atoms with van der Waals surface area (Å²) in [6, 6.07) is 4.49. The van der Waals surface area contributed by atoms with E-state index in [1.807, 2.05) is 0 Å². The van der Waals surface area contributed by atoms with E-state index in [1.54, 1.807) is 13.0 Å². The largest absolute Gasteiger partial charge is 0.353 e. The van der Waals surface area contributed by atoms with Gasteiger partial charge in [0.05, 0.1) is 16.8 Å². The number of halogens is 1. The molecule has 1 aliphatic rings. The van der Waals surface area contributed by atoms with E-state index in [-0.39, 0.29) is 27.8 Å². The van der Waals surface area contributed by atoms with Crippen LogP contribution in [0.15, 0.2) is 44.1 Å². The maximum atomic E-state index is 12.7. The second-order valence-electron chi connectivity index (χ2n) is 6.63. The second kappa shape index (κ2) is 8.67. The van der Waals surface area contributed by atoms with Gasteiger partial charge in [-0.2, -0.15) is 0 Å². The van der Waals surface area contributed by atoms with Gasteiger partial charge in [-0.3, -0.25) is 9.59 Å². The summed E-state index contributed by atoms with van der Waals surface area (Å²) in [6.45, 7) is 1.75. The van der Waals surface area contributed by atoms with Crippen LogP contribution in [0.5, 0.6) is 0 Å². The number of aromatic nitrogens is 2. The Morgan fingerprint density at radius 1 is 1.36 bits per heavy atom. The van der Waals surface area contributed by atoms with Crippen molar-refractivity contribution in [2.45, 2.75) is 53.6 Å². The van der Waals surface area contributed by atoms with Crippen LogP contribution in [0.1, 0.15) is 31.2 Å². The van der Waals surface area contributed by atoms with Crippen LogP contribution in [-0.2, 0) is 14.6 Å². The van der Waals surface area contributed by atoms with Gasteiger partial charge in [0.25, 0.3) is 5.56 Å². The Balaban J connectivity index is 1.71. The topological polar surface area (TPSA) is 109 Å². The molecule has 1 amide bonds. The first-order chi connectivity index (χ1) is 13.3. The second-order valence-corrected chi connectivity index (χ2v) is 9.92. The number of aryl methyl sites for hydroxylation is 1. The fraction of sp³-hybridized carbons (Fsp3) is 0.389. The van der Waals surface area contributed by atoms with Crippen LogP contribution in [0.2, 0.25) is 5.02 Å². The molecule has 0 bridgehead atoms. The van der Waals surface area contributed by atoms with Gasteiger partial charge in [-0.05, 0) is 37.5 Å². The molecule has 7 nitrogen and oxygen atoms in total. The van der Waals surface area contributed by atoms with Gasteiger partial charge in [0.1, 0.15) is 0 Å². The molecule has 1 aromatic heterocycles. The number of carbonyl (C=O) groups is 1. The number of nitrogens with one attached hydrogen (secondary N) is 2. The third kappa shape index (κ3) is 4.76. The number of hydrogen-bond donors (Lipinski definition) is 2. The molecule has 1 fully saturated rings. The first-order valence-corrected chi connectivity index (χ1v) is 11.6. The zero-order valence-electron chi connectivity index (χ0n) is 15.2. The molecule has 0 spiro atoms. The summed E-state index contributed by atoms with van der Waals surface area (Å²) in [7, 11) is -4.05. The molecule has 0 aliphatic heterocycles. The van der Waals surface area contributed by atoms with Crippen molar-refractivity contribution in [1.29, 1.82) is 0 Å². The summed E-state index contributed by atoms with van der Waals surface area (Å²) >= 11 is 7.05. The highest BCUT2D eigenvalue weighted by atomic mass is 35.5. The van der Waals surface area contributed by atoms with Gasteiger partial charge in [0, 0.05) is 11.1 Å². The number of nitrogens with zero attached hydrogens (tertiary/aromatic N) is 1. The maximum absolute atomic E-state index is 12.7. The molecular formula is C18H20ClN3O4S2. The van der Waals surface area contributed by atoms with E-state index in [9.17, 15) is 18.0 Å². The van der Waals surface area contributed by atoms with Crippen molar-refractivity contribution in [3.63, 3.8) is 0 Å². The van der Waals surface area contributed by atoms with Gasteiger partial charge in [-0.25, -0.2) is 13.4 Å². The average molecular weight is 442 g/mol. The third-order valence-electron chi connectivity index (χ3n) is 4.55. The van der Waals surface area contributed by atoms with Gasteiger partial charge in [-0.1, -0.05) is 42.3 Å². The first-order valence-electron chi connectivity index (χ1n) is 8.80. The Kier molecular flexibility index (Phi) is 6.47. The minimum atomic E-state index is -4.05. The Morgan fingerprint density at radius 2 is 2.07 bits per heavy atom. The van der Waals surface area contributed by atoms with E-state index in [1.165, 1.54) is 12.1 Å². The fourth-order valence-electron chi connectivity index (χ4n) is 2.97. The summed E-state index contributed by atoms with van der Waals surface area (Å²) in [5.41, 5.74) is -0.0549. The lowest BCUT2D eigenvalue weighted by Crippen LogP contribution is -2.33. The van der Waals surface area contributed by atoms with Crippen LogP contribution < -0.4 is 10.9 Å². The molecule has 0 atom stereocenters. The van der Waals surface area contributed by atoms with Crippen molar-refractivity contribution in [3.8, 4) is 0 Å². The molecule has 0 radical (unpaired) electrons. The highest BCUT2D eigenvalue weighted by Crippen LogP contribution is 2.24. The van der Waals surface area contributed by atoms with Crippen LogP contribution in [0.25, 0.3) is 0 Å². The summed E-state index contributed by atoms with van der Waals surface area (Å²) in [6.07, 6.45) is 5.23. The number of rotatable bonds is 6. The van der Waals surface area contributed by atoms with Crippen LogP contribution in [-0.4, -0.2) is 36.1 Å². The van der Waals surface area contributed by atoms with Crippen LogP contribution in [0.3, 0.4) is 0 Å². The van der Waals surface area contributed by atoms with E-state index < -0.39 is 20.3 Å². The van der Waals surface area contributed by atoms with Crippen LogP contribution >= 0.6 is 23.4 Å². The normalized spacial score (nSPS) is 14.9. The molecule has 1 heterocycles. The number of amides is 1. The molecule has 10 heteroatoms. The molecule has 1 aromatic carbocycles. The van der Waals surface area contributed by atoms with E-state index in [0.717, 1.165) is 49.2 Å². The Labute approximate surface area is 172 Å². The van der Waals surface area contributed by atoms with Gasteiger partial charge >= 0.3 is 0 Å². The zero-order valence-corrected chi connectivity index (χ0v) is 17.6. The average Bonchev–Trinajstić information content (AvgIpc) is 3.15. The van der Waals surface area contributed by atoms with Crippen molar-refractivity contribution in [3.05, 3.63) is 45.3 Å². The molecular weight excluding hydrogens is 422 g/mol. The lowest BCUT2D eigenvalue weighted by molar-refractivity contribution is -0.119. The van der Waals surface area contributed by atoms with Crippen molar-refractivity contribution >= 4 is 39.1 Å². The monoisotopic (exact) mass is 441 g/mol. The molecule has 150 valence electrons. The number of hydrogen-bond acceptors (Lipinski definition) is 6. The molecule has 1 saturated carbocycles. The molecule has 2 N–H and O–H groups in total. The zero-order chi connectivity index (χ0) is 20.3. The molecule has 0 unspecified atom stereocenters. The maximum Gasteiger partial charge on any atom is 0.270 e. The predicted molar refractivity (Wildman–Crippen MR) is 108 cm³/mol. The van der Waals surface area contributed by atoms with Gasteiger partial charge < -0.3 is 10.3 Å². The van der Waals surface area contributed by atoms with E-state index in [0.29, 0.717) is 5.02 Å². The standard InChI is InChI=1S/C18H20ClN3O4S2/c1-11-6-7-13(8-14(11)19)28(25,26)15-9-20-18(22-17(15)24)27-10-16(23)21-12-4-2-3-5-12/h6-9,12H,2-5,10H2,1H3,(H,21,23)(H,20,22,24). The number of H-pyrrole nitrogens is 1. The molecule has 2 aromatic rings. The number of aromatic amines is 1. The van der Waals surface area contributed by atoms with Crippen molar-refractivity contribution in [2.75, 3.05) is 5.75 Å². The molecule has 1 aliphatic carbocycles. The van der Waals surface area contributed by atoms with Gasteiger partial charge in [0.2, 0.25) is 15.7 Å². The quantitative estimate of drug-likeness (QED) is 0.527. The highest BCUT2D eigenvalue weighted by molar-refractivity contribution is 7.99. The minimum Gasteiger partial charge on any atom is -0.353 e. The van der Waals surface area contributed by atoms with E-state index in [2.05, 4.69) is 15.3 Å². The van der Waals surface area contributed by atoms with Gasteiger partial charge in [0.15, 0.2) is 10.1 Å². The van der Waals surface area contributed by atoms with E-state index >= 15 is 0 Å². The smallest absolute Gasteiger partial charge is 0.270 e. The number of sulfone groups is 1. The highest BCUT2D eigenvalue weighted by Gasteiger charge is 2.23. The first kappa shape index (κ1) is 20.9. The molecule has 0 saturated heterocycles.